The number of carbonyl (C=O) groups is 1. The number of ether oxygens (including phenoxy) is 1. The van der Waals surface area contributed by atoms with Crippen molar-refractivity contribution < 1.29 is 9.53 Å². The van der Waals surface area contributed by atoms with Crippen LogP contribution in [0.1, 0.15) is 38.2 Å². The number of unbranched alkanes of at least 4 members (excludes halogenated alkanes) is 1. The molecule has 4 heterocycles. The number of aromatic nitrogens is 2. The summed E-state index contributed by atoms with van der Waals surface area (Å²) in [5, 5.41) is 3.27. The molecule has 0 unspecified atom stereocenters. The molecular weight excluding hydrogens is 420 g/mol. The first-order valence-corrected chi connectivity index (χ1v) is 11.4. The zero-order valence-corrected chi connectivity index (χ0v) is 18.4. The number of rotatable bonds is 7. The largest absolute Gasteiger partial charge is 0.376 e. The number of amides is 1. The number of carbonyl (C=O) groups excluding carboxylic acids is 1. The molecule has 2 fully saturated rings. The van der Waals surface area contributed by atoms with E-state index in [9.17, 15) is 9.59 Å². The Morgan fingerprint density at radius 2 is 2.27 bits per heavy atom. The molecule has 0 aliphatic carbocycles. The van der Waals surface area contributed by atoms with Crippen molar-refractivity contribution in [2.75, 3.05) is 25.0 Å². The summed E-state index contributed by atoms with van der Waals surface area (Å²) in [6.07, 6.45) is 7.27. The van der Waals surface area contributed by atoms with Gasteiger partial charge in [0.05, 0.1) is 16.6 Å². The van der Waals surface area contributed by atoms with Gasteiger partial charge >= 0.3 is 0 Å². The van der Waals surface area contributed by atoms with Gasteiger partial charge in [0.1, 0.15) is 15.8 Å². The molecule has 0 bridgehead atoms. The number of fused-ring (bicyclic) bond motifs is 1. The monoisotopic (exact) mass is 444 g/mol. The van der Waals surface area contributed by atoms with E-state index < -0.39 is 0 Å². The zero-order chi connectivity index (χ0) is 21.1. The molecule has 4 rings (SSSR count). The smallest absolute Gasteiger partial charge is 0.267 e. The minimum Gasteiger partial charge on any atom is -0.376 e. The van der Waals surface area contributed by atoms with Crippen LogP contribution < -0.4 is 10.9 Å². The molecule has 2 aliphatic rings. The van der Waals surface area contributed by atoms with E-state index in [0.717, 1.165) is 32.3 Å². The van der Waals surface area contributed by atoms with Crippen molar-refractivity contribution >= 4 is 51.7 Å². The third-order valence-electron chi connectivity index (χ3n) is 5.17. The third-order valence-corrected chi connectivity index (χ3v) is 6.55. The second-order valence-electron chi connectivity index (χ2n) is 7.31. The second-order valence-corrected chi connectivity index (χ2v) is 8.99. The van der Waals surface area contributed by atoms with Gasteiger partial charge in [-0.3, -0.25) is 18.9 Å². The predicted molar refractivity (Wildman–Crippen MR) is 124 cm³/mol. The van der Waals surface area contributed by atoms with Crippen molar-refractivity contribution in [2.45, 2.75) is 38.7 Å². The van der Waals surface area contributed by atoms with Gasteiger partial charge in [0, 0.05) is 25.9 Å². The van der Waals surface area contributed by atoms with Crippen molar-refractivity contribution in [1.82, 2.24) is 14.3 Å². The van der Waals surface area contributed by atoms with E-state index in [1.165, 1.54) is 16.2 Å². The van der Waals surface area contributed by atoms with Gasteiger partial charge in [-0.25, -0.2) is 4.98 Å². The van der Waals surface area contributed by atoms with Crippen molar-refractivity contribution in [2.24, 2.45) is 0 Å². The molecule has 1 amide bonds. The summed E-state index contributed by atoms with van der Waals surface area (Å²) in [6.45, 7) is 3.99. The molecule has 158 valence electrons. The highest BCUT2D eigenvalue weighted by molar-refractivity contribution is 8.26. The molecule has 30 heavy (non-hydrogen) atoms. The average Bonchev–Trinajstić information content (AvgIpc) is 3.36. The van der Waals surface area contributed by atoms with Gasteiger partial charge < -0.3 is 10.1 Å². The fourth-order valence-electron chi connectivity index (χ4n) is 3.52. The number of thiocarbonyl (C=S) groups is 1. The van der Waals surface area contributed by atoms with Gasteiger partial charge in [-0.15, -0.1) is 0 Å². The highest BCUT2D eigenvalue weighted by Gasteiger charge is 2.32. The standard InChI is InChI=1S/C21H24N4O3S2/c1-2-3-9-25-20(27)16(30-21(25)29)12-15-18(22-13-14-7-6-11-28-14)23-17-8-4-5-10-24(17)19(15)26/h4-5,8,10,12,14,22H,2-3,6-7,9,11,13H2,1H3/b16-12-/t14-/m1/s1. The lowest BCUT2D eigenvalue weighted by Crippen LogP contribution is -2.29. The minimum atomic E-state index is -0.228. The Bertz CT molecular complexity index is 1060. The highest BCUT2D eigenvalue weighted by Crippen LogP contribution is 2.33. The molecule has 1 N–H and O–H groups in total. The molecule has 2 aliphatic heterocycles. The van der Waals surface area contributed by atoms with Gasteiger partial charge in [0.15, 0.2) is 0 Å². The maximum absolute atomic E-state index is 13.2. The number of nitrogens with zero attached hydrogens (tertiary/aromatic N) is 3. The number of hydrogen-bond acceptors (Lipinski definition) is 7. The van der Waals surface area contributed by atoms with Crippen LogP contribution in [0.5, 0.6) is 0 Å². The topological polar surface area (TPSA) is 75.9 Å². The van der Waals surface area contributed by atoms with Gasteiger partial charge in [0.2, 0.25) is 0 Å². The molecule has 1 atom stereocenters. The molecule has 0 saturated carbocycles. The Kier molecular flexibility index (Phi) is 6.50. The summed E-state index contributed by atoms with van der Waals surface area (Å²) in [5.74, 6) is 0.307. The molecule has 0 radical (unpaired) electrons. The summed E-state index contributed by atoms with van der Waals surface area (Å²) in [4.78, 5) is 32.8. The van der Waals surface area contributed by atoms with Crippen LogP contribution in [-0.4, -0.2) is 50.3 Å². The van der Waals surface area contributed by atoms with Gasteiger partial charge in [-0.05, 0) is 37.5 Å². The summed E-state index contributed by atoms with van der Waals surface area (Å²) < 4.78 is 7.69. The van der Waals surface area contributed by atoms with Gasteiger partial charge in [-0.1, -0.05) is 43.4 Å². The lowest BCUT2D eigenvalue weighted by Gasteiger charge is -2.14. The van der Waals surface area contributed by atoms with E-state index in [0.29, 0.717) is 39.3 Å². The Hall–Kier alpha value is -2.23. The van der Waals surface area contributed by atoms with Crippen LogP contribution in [-0.2, 0) is 9.53 Å². The highest BCUT2D eigenvalue weighted by atomic mass is 32.2. The fraction of sp³-hybridized carbons (Fsp3) is 0.429. The van der Waals surface area contributed by atoms with Crippen molar-refractivity contribution in [1.29, 1.82) is 0 Å². The molecule has 2 aromatic rings. The summed E-state index contributed by atoms with van der Waals surface area (Å²) >= 11 is 6.62. The molecule has 9 heteroatoms. The summed E-state index contributed by atoms with van der Waals surface area (Å²) in [5.41, 5.74) is 0.673. The SMILES string of the molecule is CCCCN1C(=O)/C(=C/c2c(NC[C@H]3CCCO3)nc3ccccn3c2=O)SC1=S. The van der Waals surface area contributed by atoms with E-state index >= 15 is 0 Å². The predicted octanol–water partition coefficient (Wildman–Crippen LogP) is 3.29. The number of thioether (sulfide) groups is 1. The van der Waals surface area contributed by atoms with E-state index in [4.69, 9.17) is 17.0 Å². The molecule has 2 aromatic heterocycles. The minimum absolute atomic E-state index is 0.0983. The lowest BCUT2D eigenvalue weighted by molar-refractivity contribution is -0.122. The van der Waals surface area contributed by atoms with Crippen LogP contribution in [0, 0.1) is 0 Å². The normalized spacial score (nSPS) is 20.6. The van der Waals surface area contributed by atoms with E-state index in [1.807, 2.05) is 6.07 Å². The van der Waals surface area contributed by atoms with Gasteiger partial charge in [-0.2, -0.15) is 0 Å². The molecule has 7 nitrogen and oxygen atoms in total. The molecule has 0 aromatic carbocycles. The van der Waals surface area contributed by atoms with Gasteiger partial charge in [0.25, 0.3) is 11.5 Å². The van der Waals surface area contributed by atoms with E-state index in [1.54, 1.807) is 29.3 Å². The number of pyridine rings is 1. The zero-order valence-electron chi connectivity index (χ0n) is 16.8. The van der Waals surface area contributed by atoms with E-state index in [-0.39, 0.29) is 17.6 Å². The van der Waals surface area contributed by atoms with Crippen molar-refractivity contribution in [3.8, 4) is 0 Å². The van der Waals surface area contributed by atoms with Crippen LogP contribution in [0.3, 0.4) is 0 Å². The van der Waals surface area contributed by atoms with Crippen molar-refractivity contribution in [3.05, 3.63) is 45.2 Å². The van der Waals surface area contributed by atoms with Crippen LogP contribution in [0.2, 0.25) is 0 Å². The maximum atomic E-state index is 13.2. The van der Waals surface area contributed by atoms with Crippen LogP contribution in [0.25, 0.3) is 11.7 Å². The fourth-order valence-corrected chi connectivity index (χ4v) is 4.81. The molecule has 0 spiro atoms. The Morgan fingerprint density at radius 1 is 1.40 bits per heavy atom. The number of anilines is 1. The van der Waals surface area contributed by atoms with Crippen LogP contribution in [0.4, 0.5) is 5.82 Å². The summed E-state index contributed by atoms with van der Waals surface area (Å²) in [7, 11) is 0. The quantitative estimate of drug-likeness (QED) is 0.519. The Labute approximate surface area is 184 Å². The number of hydrogen-bond donors (Lipinski definition) is 1. The molecule has 2 saturated heterocycles. The summed E-state index contributed by atoms with van der Waals surface area (Å²) in [6, 6.07) is 5.40. The van der Waals surface area contributed by atoms with Crippen LogP contribution >= 0.6 is 24.0 Å². The molecular formula is C21H24N4O3S2. The Morgan fingerprint density at radius 3 is 3.03 bits per heavy atom. The lowest BCUT2D eigenvalue weighted by atomic mass is 10.2. The third kappa shape index (κ3) is 4.28. The number of nitrogens with one attached hydrogen (secondary N) is 1. The first-order valence-electron chi connectivity index (χ1n) is 10.2. The first kappa shape index (κ1) is 21.0. The van der Waals surface area contributed by atoms with Crippen molar-refractivity contribution in [3.63, 3.8) is 0 Å². The maximum Gasteiger partial charge on any atom is 0.267 e. The van der Waals surface area contributed by atoms with E-state index in [2.05, 4.69) is 17.2 Å². The second kappa shape index (κ2) is 9.28. The van der Waals surface area contributed by atoms with Crippen LogP contribution in [0.15, 0.2) is 34.1 Å². The first-order chi connectivity index (χ1) is 14.6. The Balaban J connectivity index is 1.71. The average molecular weight is 445 g/mol.